The third kappa shape index (κ3) is 6.08. The molecular weight excluding hydrogens is 468 g/mol. The Hall–Kier alpha value is -2.77. The highest BCUT2D eigenvalue weighted by molar-refractivity contribution is 6.30. The van der Waals surface area contributed by atoms with Crippen LogP contribution in [0.1, 0.15) is 60.5 Å². The molecule has 8 heteroatoms. The molecule has 1 aliphatic heterocycles. The Balaban J connectivity index is 1.72. The lowest BCUT2D eigenvalue weighted by Gasteiger charge is -2.34. The number of ether oxygens (including phenoxy) is 3. The second kappa shape index (κ2) is 11.8. The molecule has 1 saturated heterocycles. The molecule has 0 bridgehead atoms. The summed E-state index contributed by atoms with van der Waals surface area (Å²) >= 11 is 6.14. The van der Waals surface area contributed by atoms with Gasteiger partial charge in [0.25, 0.3) is 5.91 Å². The van der Waals surface area contributed by atoms with E-state index in [4.69, 9.17) is 25.8 Å². The predicted octanol–water partition coefficient (Wildman–Crippen LogP) is 4.78. The summed E-state index contributed by atoms with van der Waals surface area (Å²) in [5.74, 6) is 0.519. The fourth-order valence-electron chi connectivity index (χ4n) is 4.92. The Kier molecular flexibility index (Phi) is 8.52. The van der Waals surface area contributed by atoms with Crippen LogP contribution in [-0.4, -0.2) is 56.2 Å². The van der Waals surface area contributed by atoms with Gasteiger partial charge in [-0.3, -0.25) is 9.59 Å². The van der Waals surface area contributed by atoms with Gasteiger partial charge in [-0.05, 0) is 61.6 Å². The molecule has 1 aliphatic carbocycles. The number of benzene rings is 2. The van der Waals surface area contributed by atoms with Crippen molar-refractivity contribution in [3.05, 3.63) is 58.6 Å². The van der Waals surface area contributed by atoms with E-state index >= 15 is 0 Å². The maximum atomic E-state index is 14.0. The van der Waals surface area contributed by atoms with Crippen molar-refractivity contribution in [1.29, 1.82) is 0 Å². The van der Waals surface area contributed by atoms with Gasteiger partial charge in [0, 0.05) is 29.8 Å². The second-order valence-electron chi connectivity index (χ2n) is 9.11. The molecule has 1 saturated carbocycles. The molecule has 2 aliphatic rings. The van der Waals surface area contributed by atoms with Crippen LogP contribution in [0.3, 0.4) is 0 Å². The van der Waals surface area contributed by atoms with Crippen LogP contribution in [-0.2, 0) is 9.53 Å². The van der Waals surface area contributed by atoms with Gasteiger partial charge in [-0.15, -0.1) is 0 Å². The average Bonchev–Trinajstić information content (AvgIpc) is 3.58. The predicted molar refractivity (Wildman–Crippen MR) is 134 cm³/mol. The zero-order valence-corrected chi connectivity index (χ0v) is 21.1. The number of rotatable bonds is 9. The molecule has 0 radical (unpaired) electrons. The van der Waals surface area contributed by atoms with Crippen molar-refractivity contribution in [2.75, 3.05) is 27.4 Å². The van der Waals surface area contributed by atoms with Crippen molar-refractivity contribution in [3.63, 3.8) is 0 Å². The highest BCUT2D eigenvalue weighted by atomic mass is 35.5. The number of amides is 2. The average molecular weight is 501 g/mol. The van der Waals surface area contributed by atoms with E-state index in [1.807, 2.05) is 12.1 Å². The van der Waals surface area contributed by atoms with Crippen molar-refractivity contribution < 1.29 is 23.8 Å². The number of carbonyl (C=O) groups is 2. The summed E-state index contributed by atoms with van der Waals surface area (Å²) in [7, 11) is 3.08. The smallest absolute Gasteiger partial charge is 0.255 e. The third-order valence-corrected chi connectivity index (χ3v) is 7.01. The molecule has 4 rings (SSSR count). The number of hydrogen-bond acceptors (Lipinski definition) is 5. The SMILES string of the molecule is COc1ccc(C(=O)N(C[C@H]2CCCO2)[C@@H](C(=O)NC2CCCC2)c2ccc(Cl)cc2)cc1OC. The molecule has 188 valence electrons. The molecule has 7 nitrogen and oxygen atoms in total. The Morgan fingerprint density at radius 2 is 1.74 bits per heavy atom. The quantitative estimate of drug-likeness (QED) is 0.536. The van der Waals surface area contributed by atoms with Crippen LogP contribution in [0.25, 0.3) is 0 Å². The lowest BCUT2D eigenvalue weighted by molar-refractivity contribution is -0.127. The molecule has 35 heavy (non-hydrogen) atoms. The van der Waals surface area contributed by atoms with E-state index in [0.717, 1.165) is 38.5 Å². The Bertz CT molecular complexity index is 1020. The van der Waals surface area contributed by atoms with E-state index in [-0.39, 0.29) is 24.0 Å². The number of hydrogen-bond donors (Lipinski definition) is 1. The summed E-state index contributed by atoms with van der Waals surface area (Å²) in [6.07, 6.45) is 5.74. The van der Waals surface area contributed by atoms with Gasteiger partial charge in [0.05, 0.1) is 20.3 Å². The van der Waals surface area contributed by atoms with Crippen LogP contribution in [0.2, 0.25) is 5.02 Å². The fraction of sp³-hybridized carbons (Fsp3) is 0.481. The van der Waals surface area contributed by atoms with Crippen LogP contribution < -0.4 is 14.8 Å². The lowest BCUT2D eigenvalue weighted by atomic mass is 10.0. The molecule has 2 fully saturated rings. The van der Waals surface area contributed by atoms with E-state index in [0.29, 0.717) is 40.8 Å². The van der Waals surface area contributed by atoms with Gasteiger partial charge in [-0.2, -0.15) is 0 Å². The molecule has 0 unspecified atom stereocenters. The summed E-state index contributed by atoms with van der Waals surface area (Å²) in [5.41, 5.74) is 1.12. The molecule has 0 spiro atoms. The molecule has 2 aromatic carbocycles. The fourth-order valence-corrected chi connectivity index (χ4v) is 5.04. The van der Waals surface area contributed by atoms with Gasteiger partial charge in [0.1, 0.15) is 6.04 Å². The van der Waals surface area contributed by atoms with E-state index in [1.54, 1.807) is 42.3 Å². The maximum Gasteiger partial charge on any atom is 0.255 e. The van der Waals surface area contributed by atoms with Gasteiger partial charge in [0.2, 0.25) is 5.91 Å². The van der Waals surface area contributed by atoms with E-state index < -0.39 is 6.04 Å². The highest BCUT2D eigenvalue weighted by Crippen LogP contribution is 2.32. The summed E-state index contributed by atoms with van der Waals surface area (Å²) in [6, 6.07) is 11.5. The maximum absolute atomic E-state index is 14.0. The van der Waals surface area contributed by atoms with Gasteiger partial charge < -0.3 is 24.4 Å². The number of halogens is 1. The number of methoxy groups -OCH3 is 2. The van der Waals surface area contributed by atoms with Gasteiger partial charge in [-0.1, -0.05) is 36.6 Å². The number of nitrogens with zero attached hydrogens (tertiary/aromatic N) is 1. The Morgan fingerprint density at radius 1 is 1.03 bits per heavy atom. The van der Waals surface area contributed by atoms with Gasteiger partial charge in [0.15, 0.2) is 11.5 Å². The molecule has 2 aromatic rings. The first kappa shape index (κ1) is 25.3. The summed E-state index contributed by atoms with van der Waals surface area (Å²) in [5, 5.41) is 3.76. The van der Waals surface area contributed by atoms with Crippen molar-refractivity contribution in [2.45, 2.75) is 56.7 Å². The molecular formula is C27H33ClN2O5. The standard InChI is InChI=1S/C27H33ClN2O5/c1-33-23-14-11-19(16-24(23)34-2)27(32)30(17-22-8-5-15-35-22)25(18-9-12-20(28)13-10-18)26(31)29-21-6-3-4-7-21/h9-14,16,21-22,25H,3-8,15,17H2,1-2H3,(H,29,31)/t22-,25-/m1/s1. The van der Waals surface area contributed by atoms with Crippen molar-refractivity contribution in [3.8, 4) is 11.5 Å². The minimum Gasteiger partial charge on any atom is -0.493 e. The van der Waals surface area contributed by atoms with Gasteiger partial charge in [-0.25, -0.2) is 0 Å². The Labute approximate surface area is 211 Å². The molecule has 2 atom stereocenters. The molecule has 0 aromatic heterocycles. The molecule has 1 heterocycles. The second-order valence-corrected chi connectivity index (χ2v) is 9.54. The van der Waals surface area contributed by atoms with E-state index in [2.05, 4.69) is 5.32 Å². The molecule has 1 N–H and O–H groups in total. The van der Waals surface area contributed by atoms with Crippen molar-refractivity contribution in [2.24, 2.45) is 0 Å². The highest BCUT2D eigenvalue weighted by Gasteiger charge is 2.36. The zero-order chi connectivity index (χ0) is 24.8. The first-order valence-corrected chi connectivity index (χ1v) is 12.6. The Morgan fingerprint density at radius 3 is 2.37 bits per heavy atom. The summed E-state index contributed by atoms with van der Waals surface area (Å²) in [4.78, 5) is 29.4. The number of nitrogens with one attached hydrogen (secondary N) is 1. The summed E-state index contributed by atoms with van der Waals surface area (Å²) in [6.45, 7) is 0.960. The first-order chi connectivity index (χ1) is 17.0. The number of carbonyl (C=O) groups excluding carboxylic acids is 2. The van der Waals surface area contributed by atoms with Crippen molar-refractivity contribution in [1.82, 2.24) is 10.2 Å². The topological polar surface area (TPSA) is 77.1 Å². The minimum absolute atomic E-state index is 0.123. The van der Waals surface area contributed by atoms with Gasteiger partial charge >= 0.3 is 0 Å². The monoisotopic (exact) mass is 500 g/mol. The van der Waals surface area contributed by atoms with E-state index in [1.165, 1.54) is 7.11 Å². The van der Waals surface area contributed by atoms with Crippen molar-refractivity contribution >= 4 is 23.4 Å². The zero-order valence-electron chi connectivity index (χ0n) is 20.3. The lowest BCUT2D eigenvalue weighted by Crippen LogP contribution is -2.48. The summed E-state index contributed by atoms with van der Waals surface area (Å²) < 4.78 is 16.6. The van der Waals surface area contributed by atoms with E-state index in [9.17, 15) is 9.59 Å². The van der Waals surface area contributed by atoms with Crippen LogP contribution in [0.4, 0.5) is 0 Å². The van der Waals surface area contributed by atoms with Crippen LogP contribution >= 0.6 is 11.6 Å². The third-order valence-electron chi connectivity index (χ3n) is 6.76. The largest absolute Gasteiger partial charge is 0.493 e. The van der Waals surface area contributed by atoms with Crippen LogP contribution in [0.15, 0.2) is 42.5 Å². The minimum atomic E-state index is -0.822. The van der Waals surface area contributed by atoms with Crippen LogP contribution in [0.5, 0.6) is 11.5 Å². The first-order valence-electron chi connectivity index (χ1n) is 12.2. The van der Waals surface area contributed by atoms with Crippen LogP contribution in [0, 0.1) is 0 Å². The normalized spacial score (nSPS) is 18.8. The molecule has 2 amide bonds.